The quantitative estimate of drug-likeness (QED) is 0.154. The Hall–Kier alpha value is -7.42. The molecule has 0 atom stereocenters. The lowest BCUT2D eigenvalue weighted by molar-refractivity contribution is 0.632. The van der Waals surface area contributed by atoms with Gasteiger partial charge < -0.3 is 4.57 Å². The van der Waals surface area contributed by atoms with E-state index in [0.29, 0.717) is 0 Å². The fourth-order valence-corrected chi connectivity index (χ4v) is 11.2. The number of nitrogens with zero attached hydrogens (tertiary/aromatic N) is 1. The summed E-state index contributed by atoms with van der Waals surface area (Å²) in [6, 6.07) is 77.4. The predicted octanol–water partition coefficient (Wildman–Crippen LogP) is 13.2. The third-order valence-corrected chi connectivity index (χ3v) is 14.0. The van der Waals surface area contributed by atoms with E-state index in [1.165, 1.54) is 121 Å². The number of hydrogen-bond acceptors (Lipinski definition) is 0. The first-order valence-corrected chi connectivity index (χ1v) is 21.5. The Kier molecular flexibility index (Phi) is 7.22. The summed E-state index contributed by atoms with van der Waals surface area (Å²) in [5.74, 6) is 0. The summed E-state index contributed by atoms with van der Waals surface area (Å²) >= 11 is 0. The van der Waals surface area contributed by atoms with Crippen LogP contribution in [-0.4, -0.2) is 11.3 Å². The summed E-state index contributed by atoms with van der Waals surface area (Å²) in [7, 11) is 0. The van der Waals surface area contributed by atoms with Gasteiger partial charge in [0.2, 0.25) is 6.71 Å². The van der Waals surface area contributed by atoms with Gasteiger partial charge in [0.25, 0.3) is 0 Å². The lowest BCUT2D eigenvalue weighted by atomic mass is 9.33. The van der Waals surface area contributed by atoms with E-state index in [-0.39, 0.29) is 12.1 Å². The molecule has 3 heterocycles. The minimum absolute atomic E-state index is 0.0971. The van der Waals surface area contributed by atoms with Gasteiger partial charge in [0, 0.05) is 21.9 Å². The van der Waals surface area contributed by atoms with Crippen LogP contribution in [0, 0.1) is 0 Å². The maximum Gasteiger partial charge on any atom is 0.248 e. The topological polar surface area (TPSA) is 4.93 Å². The standard InChI is InChI=1S/C59H40BN/c1-59(2)49-34-44(38-21-9-4-10-22-38)36-51-56(49)61-57-50(59)33-41-27-15-17-29-45(41)53(57)54-46-30-18-16-28-42(46)35-52(58(54)61)60(51)55-47(39-23-11-5-12-24-39)31-43(37-19-7-3-8-20-37)32-48(55)40-25-13-6-14-26-40/h3-36H,1-2H3. The van der Waals surface area contributed by atoms with Crippen LogP contribution in [0.2, 0.25) is 0 Å². The van der Waals surface area contributed by atoms with E-state index in [4.69, 9.17) is 0 Å². The highest BCUT2D eigenvalue weighted by Gasteiger charge is 2.45. The first-order valence-electron chi connectivity index (χ1n) is 21.5. The summed E-state index contributed by atoms with van der Waals surface area (Å²) in [5.41, 5.74) is 20.4. The number of benzene rings is 10. The summed E-state index contributed by atoms with van der Waals surface area (Å²) in [4.78, 5) is 0. The van der Waals surface area contributed by atoms with Gasteiger partial charge in [-0.3, -0.25) is 0 Å². The Bertz CT molecular complexity index is 3520. The van der Waals surface area contributed by atoms with Gasteiger partial charge in [-0.05, 0) is 112 Å². The van der Waals surface area contributed by atoms with Crippen LogP contribution < -0.4 is 16.4 Å². The zero-order valence-electron chi connectivity index (χ0n) is 34.2. The van der Waals surface area contributed by atoms with Crippen molar-refractivity contribution in [3.8, 4) is 50.2 Å². The van der Waals surface area contributed by atoms with E-state index in [2.05, 4.69) is 225 Å². The molecule has 0 radical (unpaired) electrons. The molecule has 1 nitrogen and oxygen atoms in total. The largest absolute Gasteiger partial charge is 0.310 e. The van der Waals surface area contributed by atoms with Gasteiger partial charge in [0.1, 0.15) is 0 Å². The summed E-state index contributed by atoms with van der Waals surface area (Å²) in [6.45, 7) is 4.83. The lowest BCUT2D eigenvalue weighted by Gasteiger charge is -2.40. The molecular formula is C59H40BN. The zero-order valence-corrected chi connectivity index (χ0v) is 34.2. The Balaban J connectivity index is 1.29. The highest BCUT2D eigenvalue weighted by atomic mass is 15.0. The van der Waals surface area contributed by atoms with Crippen molar-refractivity contribution >= 4 is 66.5 Å². The molecule has 0 saturated heterocycles. The molecule has 284 valence electrons. The third kappa shape index (κ3) is 4.85. The maximum atomic E-state index is 2.71. The van der Waals surface area contributed by atoms with Crippen LogP contribution in [0.1, 0.15) is 25.0 Å². The Morgan fingerprint density at radius 3 is 1.39 bits per heavy atom. The van der Waals surface area contributed by atoms with Crippen LogP contribution in [0.4, 0.5) is 0 Å². The molecule has 1 aromatic heterocycles. The van der Waals surface area contributed by atoms with Crippen LogP contribution in [0.15, 0.2) is 206 Å². The van der Waals surface area contributed by atoms with E-state index in [9.17, 15) is 0 Å². The van der Waals surface area contributed by atoms with E-state index in [0.717, 1.165) is 0 Å². The van der Waals surface area contributed by atoms with Crippen molar-refractivity contribution in [2.75, 3.05) is 0 Å². The smallest absolute Gasteiger partial charge is 0.248 e. The molecule has 61 heavy (non-hydrogen) atoms. The van der Waals surface area contributed by atoms with E-state index < -0.39 is 0 Å². The van der Waals surface area contributed by atoms with Gasteiger partial charge in [0.05, 0.1) is 11.0 Å². The van der Waals surface area contributed by atoms with Crippen LogP contribution in [0.25, 0.3) is 93.5 Å². The minimum atomic E-state index is -0.291. The van der Waals surface area contributed by atoms with Crippen molar-refractivity contribution in [2.45, 2.75) is 19.3 Å². The van der Waals surface area contributed by atoms with Crippen molar-refractivity contribution in [3.63, 3.8) is 0 Å². The molecule has 0 aliphatic carbocycles. The minimum Gasteiger partial charge on any atom is -0.310 e. The normalized spacial score (nSPS) is 13.5. The van der Waals surface area contributed by atoms with E-state index in [1.807, 2.05) is 0 Å². The van der Waals surface area contributed by atoms with Crippen molar-refractivity contribution in [1.29, 1.82) is 0 Å². The molecular weight excluding hydrogens is 733 g/mol. The van der Waals surface area contributed by atoms with Crippen LogP contribution in [0.5, 0.6) is 0 Å². The summed E-state index contributed by atoms with van der Waals surface area (Å²) in [5, 5.41) is 7.91. The van der Waals surface area contributed by atoms with Crippen LogP contribution in [0.3, 0.4) is 0 Å². The predicted molar refractivity (Wildman–Crippen MR) is 261 cm³/mol. The Labute approximate surface area is 356 Å². The molecule has 0 saturated carbocycles. The Morgan fingerprint density at radius 1 is 0.377 bits per heavy atom. The number of aromatic nitrogens is 1. The maximum absolute atomic E-state index is 2.71. The highest BCUT2D eigenvalue weighted by molar-refractivity contribution is 7.00. The SMILES string of the molecule is CC1(C)c2cc(-c3ccccc3)cc3c2-n2c4c(cc5ccccc5c4c4c5ccccc5cc1c42)B3c1c(-c2ccccc2)cc(-c2ccccc2)cc1-c1ccccc1. The van der Waals surface area contributed by atoms with Gasteiger partial charge in [-0.25, -0.2) is 0 Å². The van der Waals surface area contributed by atoms with Gasteiger partial charge >= 0.3 is 0 Å². The molecule has 0 amide bonds. The fourth-order valence-electron chi connectivity index (χ4n) is 11.2. The van der Waals surface area contributed by atoms with E-state index in [1.54, 1.807) is 0 Å². The fraction of sp³-hybridized carbons (Fsp3) is 0.0508. The molecule has 13 rings (SSSR count). The van der Waals surface area contributed by atoms with Crippen molar-refractivity contribution < 1.29 is 0 Å². The second-order valence-corrected chi connectivity index (χ2v) is 17.6. The molecule has 0 unspecified atom stereocenters. The van der Waals surface area contributed by atoms with Crippen LogP contribution in [-0.2, 0) is 5.41 Å². The van der Waals surface area contributed by atoms with Crippen molar-refractivity contribution in [2.24, 2.45) is 0 Å². The monoisotopic (exact) mass is 773 g/mol. The van der Waals surface area contributed by atoms with E-state index >= 15 is 0 Å². The van der Waals surface area contributed by atoms with Crippen molar-refractivity contribution in [1.82, 2.24) is 4.57 Å². The molecule has 11 aromatic rings. The summed E-state index contributed by atoms with van der Waals surface area (Å²) < 4.78 is 2.71. The zero-order chi connectivity index (χ0) is 40.4. The van der Waals surface area contributed by atoms with Gasteiger partial charge in [-0.2, -0.15) is 0 Å². The number of fused-ring (bicyclic) bond motifs is 5. The lowest BCUT2D eigenvalue weighted by Crippen LogP contribution is -2.58. The molecule has 0 bridgehead atoms. The third-order valence-electron chi connectivity index (χ3n) is 14.0. The first kappa shape index (κ1) is 34.4. The van der Waals surface area contributed by atoms with Gasteiger partial charge in [-0.15, -0.1) is 0 Å². The average molecular weight is 774 g/mol. The molecule has 2 heteroatoms. The number of rotatable bonds is 5. The average Bonchev–Trinajstić information content (AvgIpc) is 3.69. The summed E-state index contributed by atoms with van der Waals surface area (Å²) in [6.07, 6.45) is 0. The Morgan fingerprint density at radius 2 is 0.836 bits per heavy atom. The number of hydrogen-bond donors (Lipinski definition) is 0. The molecule has 2 aliphatic heterocycles. The second-order valence-electron chi connectivity index (χ2n) is 17.6. The highest BCUT2D eigenvalue weighted by Crippen LogP contribution is 2.52. The molecule has 10 aromatic carbocycles. The molecule has 0 N–H and O–H groups in total. The molecule has 0 fully saturated rings. The van der Waals surface area contributed by atoms with Crippen LogP contribution >= 0.6 is 0 Å². The molecule has 2 aliphatic rings. The molecule has 0 spiro atoms. The van der Waals surface area contributed by atoms with Gasteiger partial charge in [0.15, 0.2) is 0 Å². The first-order chi connectivity index (χ1) is 30.0. The second kappa shape index (κ2) is 12.8. The van der Waals surface area contributed by atoms with Gasteiger partial charge in [-0.1, -0.05) is 201 Å². The van der Waals surface area contributed by atoms with Crippen molar-refractivity contribution in [3.05, 3.63) is 217 Å².